The van der Waals surface area contributed by atoms with Crippen LogP contribution in [-0.2, 0) is 11.3 Å². The maximum Gasteiger partial charge on any atom is 0.277 e. The van der Waals surface area contributed by atoms with E-state index < -0.39 is 0 Å². The number of rotatable bonds is 5. The molecule has 3 aromatic heterocycles. The molecule has 1 aliphatic heterocycles. The summed E-state index contributed by atoms with van der Waals surface area (Å²) in [4.78, 5) is 25.1. The fourth-order valence-electron chi connectivity index (χ4n) is 4.69. The van der Waals surface area contributed by atoms with Crippen molar-refractivity contribution in [3.05, 3.63) is 45.3 Å². The van der Waals surface area contributed by atoms with Gasteiger partial charge in [-0.05, 0) is 24.5 Å². The highest BCUT2D eigenvalue weighted by Gasteiger charge is 2.39. The van der Waals surface area contributed by atoms with Gasteiger partial charge in [-0.1, -0.05) is 23.7 Å². The van der Waals surface area contributed by atoms with Crippen molar-refractivity contribution in [1.82, 2.24) is 29.0 Å². The van der Waals surface area contributed by atoms with Gasteiger partial charge >= 0.3 is 0 Å². The summed E-state index contributed by atoms with van der Waals surface area (Å²) in [6.45, 7) is 6.09. The molecule has 4 aromatic rings. The van der Waals surface area contributed by atoms with Gasteiger partial charge in [0.1, 0.15) is 23.6 Å². The Labute approximate surface area is 199 Å². The number of aromatic nitrogens is 5. The molecule has 0 bridgehead atoms. The largest absolute Gasteiger partial charge is 0.379 e. The third kappa shape index (κ3) is 3.39. The van der Waals surface area contributed by atoms with Crippen molar-refractivity contribution in [2.24, 2.45) is 5.92 Å². The van der Waals surface area contributed by atoms with Crippen LogP contribution in [0.3, 0.4) is 0 Å². The molecule has 1 saturated carbocycles. The minimum Gasteiger partial charge on any atom is -0.379 e. The lowest BCUT2D eigenvalue weighted by molar-refractivity contribution is 0.0364. The summed E-state index contributed by atoms with van der Waals surface area (Å²) in [5, 5.41) is 14.3. The fraction of sp³-hybridized carbons (Fsp3) is 0.435. The molecule has 1 aliphatic carbocycles. The molecule has 0 spiro atoms. The van der Waals surface area contributed by atoms with Gasteiger partial charge in [-0.15, -0.1) is 0 Å². The number of benzene rings is 1. The van der Waals surface area contributed by atoms with Gasteiger partial charge in [0.15, 0.2) is 0 Å². The van der Waals surface area contributed by atoms with Gasteiger partial charge in [0.05, 0.1) is 34.8 Å². The highest BCUT2D eigenvalue weighted by atomic mass is 35.5. The maximum atomic E-state index is 13.9. The number of halogens is 1. The van der Waals surface area contributed by atoms with Gasteiger partial charge < -0.3 is 13.8 Å². The first-order valence-corrected chi connectivity index (χ1v) is 11.7. The predicted molar refractivity (Wildman–Crippen MR) is 124 cm³/mol. The molecular formula is C23H22ClN7O3. The van der Waals surface area contributed by atoms with E-state index in [1.165, 1.54) is 0 Å². The molecule has 10 nitrogen and oxygen atoms in total. The monoisotopic (exact) mass is 479 g/mol. The van der Waals surface area contributed by atoms with Crippen LogP contribution in [0.1, 0.15) is 30.7 Å². The molecule has 34 heavy (non-hydrogen) atoms. The molecule has 6 rings (SSSR count). The molecule has 1 aromatic carbocycles. The SMILES string of the molecule is CC1CC1c1nc(-c2ncn3c2c(=O)n(CCN2CCOCC2)c2c(C#N)c(Cl)ccc23)no1. The molecule has 174 valence electrons. The van der Waals surface area contributed by atoms with Crippen LogP contribution >= 0.6 is 11.6 Å². The summed E-state index contributed by atoms with van der Waals surface area (Å²) in [5.74, 6) is 1.65. The molecule has 2 unspecified atom stereocenters. The Morgan fingerprint density at radius 2 is 2.03 bits per heavy atom. The standard InChI is InChI=1S/C23H22ClN7O3/c1-13-10-14(13)22-27-21(28-34-22)18-20-23(32)30(5-4-29-6-8-33-9-7-29)19-15(11-25)16(24)2-3-17(19)31(20)12-26-18/h2-3,12-14H,4-10H2,1H3. The average molecular weight is 480 g/mol. The third-order valence-corrected chi connectivity index (χ3v) is 7.10. The number of morpholine rings is 1. The number of imidazole rings is 1. The van der Waals surface area contributed by atoms with Crippen molar-refractivity contribution >= 4 is 28.2 Å². The minimum atomic E-state index is -0.279. The molecule has 2 aliphatic rings. The first-order chi connectivity index (χ1) is 16.6. The Balaban J connectivity index is 1.53. The third-order valence-electron chi connectivity index (χ3n) is 6.79. The number of hydrogen-bond donors (Lipinski definition) is 0. The zero-order valence-corrected chi connectivity index (χ0v) is 19.3. The Hall–Kier alpha value is -3.26. The molecule has 0 N–H and O–H groups in total. The summed E-state index contributed by atoms with van der Waals surface area (Å²) < 4.78 is 14.2. The van der Waals surface area contributed by atoms with E-state index in [4.69, 9.17) is 20.9 Å². The van der Waals surface area contributed by atoms with Gasteiger partial charge in [-0.3, -0.25) is 14.1 Å². The highest BCUT2D eigenvalue weighted by molar-refractivity contribution is 6.32. The van der Waals surface area contributed by atoms with Crippen molar-refractivity contribution < 1.29 is 9.26 Å². The van der Waals surface area contributed by atoms with Gasteiger partial charge in [-0.25, -0.2) is 4.98 Å². The highest BCUT2D eigenvalue weighted by Crippen LogP contribution is 2.46. The second kappa shape index (κ2) is 8.20. The quantitative estimate of drug-likeness (QED) is 0.429. The van der Waals surface area contributed by atoms with E-state index in [-0.39, 0.29) is 17.0 Å². The van der Waals surface area contributed by atoms with Crippen LogP contribution in [-0.4, -0.2) is 61.8 Å². The van der Waals surface area contributed by atoms with Gasteiger partial charge in [0, 0.05) is 32.1 Å². The van der Waals surface area contributed by atoms with Crippen LogP contribution in [0.5, 0.6) is 0 Å². The van der Waals surface area contributed by atoms with Crippen LogP contribution < -0.4 is 5.56 Å². The van der Waals surface area contributed by atoms with Crippen molar-refractivity contribution in [2.45, 2.75) is 25.8 Å². The lowest BCUT2D eigenvalue weighted by atomic mass is 10.1. The van der Waals surface area contributed by atoms with Gasteiger partial charge in [0.2, 0.25) is 11.7 Å². The van der Waals surface area contributed by atoms with E-state index in [9.17, 15) is 10.1 Å². The van der Waals surface area contributed by atoms with Crippen molar-refractivity contribution in [3.8, 4) is 17.6 Å². The Kier molecular flexibility index (Phi) is 5.13. The predicted octanol–water partition coefficient (Wildman–Crippen LogP) is 2.68. The number of nitriles is 1. The van der Waals surface area contributed by atoms with Crippen LogP contribution in [0.15, 0.2) is 27.8 Å². The number of hydrogen-bond acceptors (Lipinski definition) is 8. The first kappa shape index (κ1) is 21.3. The van der Waals surface area contributed by atoms with Gasteiger partial charge in [-0.2, -0.15) is 10.2 Å². The maximum absolute atomic E-state index is 13.9. The fourth-order valence-corrected chi connectivity index (χ4v) is 4.88. The van der Waals surface area contributed by atoms with Crippen LogP contribution in [0.25, 0.3) is 28.1 Å². The summed E-state index contributed by atoms with van der Waals surface area (Å²) in [6.07, 6.45) is 2.58. The zero-order valence-electron chi connectivity index (χ0n) is 18.6. The molecule has 0 amide bonds. The Morgan fingerprint density at radius 1 is 1.24 bits per heavy atom. The number of fused-ring (bicyclic) bond motifs is 3. The molecule has 2 atom stereocenters. The van der Waals surface area contributed by atoms with E-state index in [1.807, 2.05) is 0 Å². The van der Waals surface area contributed by atoms with Crippen LogP contribution in [0.2, 0.25) is 5.02 Å². The van der Waals surface area contributed by atoms with Crippen molar-refractivity contribution in [3.63, 3.8) is 0 Å². The second-order valence-corrected chi connectivity index (χ2v) is 9.31. The van der Waals surface area contributed by atoms with E-state index in [1.54, 1.807) is 27.4 Å². The van der Waals surface area contributed by atoms with E-state index >= 15 is 0 Å². The van der Waals surface area contributed by atoms with Gasteiger partial charge in [0.25, 0.3) is 5.56 Å². The molecular weight excluding hydrogens is 458 g/mol. The van der Waals surface area contributed by atoms with E-state index in [0.717, 1.165) is 19.5 Å². The Bertz CT molecular complexity index is 1510. The topological polar surface area (TPSA) is 114 Å². The lowest BCUT2D eigenvalue weighted by Crippen LogP contribution is -2.39. The lowest BCUT2D eigenvalue weighted by Gasteiger charge is -2.27. The number of nitrogens with zero attached hydrogens (tertiary/aromatic N) is 7. The molecule has 1 saturated heterocycles. The molecule has 11 heteroatoms. The smallest absolute Gasteiger partial charge is 0.277 e. The normalized spacial score (nSPS) is 20.7. The number of ether oxygens (including phenoxy) is 1. The van der Waals surface area contributed by atoms with E-state index in [2.05, 4.69) is 33.0 Å². The molecule has 0 radical (unpaired) electrons. The van der Waals surface area contributed by atoms with E-state index in [0.29, 0.717) is 71.2 Å². The second-order valence-electron chi connectivity index (χ2n) is 8.90. The van der Waals surface area contributed by atoms with Crippen molar-refractivity contribution in [2.75, 3.05) is 32.8 Å². The summed E-state index contributed by atoms with van der Waals surface area (Å²) in [6, 6.07) is 5.64. The Morgan fingerprint density at radius 3 is 2.76 bits per heavy atom. The van der Waals surface area contributed by atoms with Crippen LogP contribution in [0, 0.1) is 17.2 Å². The van der Waals surface area contributed by atoms with Crippen molar-refractivity contribution in [1.29, 1.82) is 5.26 Å². The average Bonchev–Trinajstić information content (AvgIpc) is 3.23. The summed E-state index contributed by atoms with van der Waals surface area (Å²) in [7, 11) is 0. The minimum absolute atomic E-state index is 0.264. The summed E-state index contributed by atoms with van der Waals surface area (Å²) >= 11 is 6.36. The first-order valence-electron chi connectivity index (χ1n) is 11.3. The molecule has 4 heterocycles. The molecule has 2 fully saturated rings. The zero-order chi connectivity index (χ0) is 23.4. The summed E-state index contributed by atoms with van der Waals surface area (Å²) in [5.41, 5.74) is 1.85. The van der Waals surface area contributed by atoms with Crippen LogP contribution in [0.4, 0.5) is 0 Å².